The molecule has 0 aliphatic heterocycles. The van der Waals surface area contributed by atoms with Gasteiger partial charge in [0.2, 0.25) is 0 Å². The Morgan fingerprint density at radius 2 is 2.00 bits per heavy atom. The summed E-state index contributed by atoms with van der Waals surface area (Å²) in [6.07, 6.45) is 0. The highest BCUT2D eigenvalue weighted by atomic mass is 16.5. The molecule has 19 heavy (non-hydrogen) atoms. The molecule has 0 saturated carbocycles. The van der Waals surface area contributed by atoms with Gasteiger partial charge in [0.25, 0.3) is 0 Å². The molecule has 0 aliphatic rings. The van der Waals surface area contributed by atoms with Crippen LogP contribution in [0.5, 0.6) is 5.75 Å². The van der Waals surface area contributed by atoms with E-state index in [1.54, 1.807) is 7.11 Å². The van der Waals surface area contributed by atoms with Gasteiger partial charge in [0.1, 0.15) is 5.75 Å². The lowest BCUT2D eigenvalue weighted by molar-refractivity contribution is 0.407. The first-order chi connectivity index (χ1) is 9.01. The van der Waals surface area contributed by atoms with Crippen LogP contribution in [0.4, 0.5) is 5.69 Å². The van der Waals surface area contributed by atoms with E-state index < -0.39 is 0 Å². The Hall–Kier alpha value is -1.22. The first-order valence-electron chi connectivity index (χ1n) is 7.11. The Balaban J connectivity index is 2.97. The molecular weight excluding hydrogens is 236 g/mol. The van der Waals surface area contributed by atoms with Crippen molar-refractivity contribution in [3.8, 4) is 5.75 Å². The molecule has 0 bridgehead atoms. The summed E-state index contributed by atoms with van der Waals surface area (Å²) in [5.74, 6) is 1.47. The molecule has 0 amide bonds. The smallest absolute Gasteiger partial charge is 0.122 e. The average molecular weight is 264 g/mol. The second-order valence-electron chi connectivity index (χ2n) is 5.31. The zero-order valence-electron chi connectivity index (χ0n) is 13.2. The summed E-state index contributed by atoms with van der Waals surface area (Å²) >= 11 is 0. The summed E-state index contributed by atoms with van der Waals surface area (Å²) in [5.41, 5.74) is 3.83. The average Bonchev–Trinajstić information content (AvgIpc) is 2.37. The Morgan fingerprint density at radius 1 is 1.32 bits per heavy atom. The van der Waals surface area contributed by atoms with Crippen molar-refractivity contribution in [3.63, 3.8) is 0 Å². The Morgan fingerprint density at radius 3 is 2.53 bits per heavy atom. The number of hydrogen-bond donors (Lipinski definition) is 1. The molecule has 1 N–H and O–H groups in total. The van der Waals surface area contributed by atoms with Gasteiger partial charge in [-0.2, -0.15) is 0 Å². The summed E-state index contributed by atoms with van der Waals surface area (Å²) in [6.45, 7) is 11.7. The van der Waals surface area contributed by atoms with Crippen molar-refractivity contribution >= 4 is 5.69 Å². The van der Waals surface area contributed by atoms with Crippen molar-refractivity contribution in [1.29, 1.82) is 0 Å². The molecule has 0 spiro atoms. The van der Waals surface area contributed by atoms with Crippen LogP contribution >= 0.6 is 0 Å². The van der Waals surface area contributed by atoms with Gasteiger partial charge in [-0.25, -0.2) is 0 Å². The second-order valence-corrected chi connectivity index (χ2v) is 5.31. The second kappa shape index (κ2) is 7.39. The standard InChI is InChI=1S/C16H28N2O/c1-7-17-8-9-18(5)15-11-14(12(2)3)16(19-6)10-13(15)4/h10-12,17H,7-9H2,1-6H3. The van der Waals surface area contributed by atoms with Crippen LogP contribution in [-0.2, 0) is 0 Å². The van der Waals surface area contributed by atoms with Crippen LogP contribution in [0.1, 0.15) is 37.8 Å². The molecule has 0 atom stereocenters. The van der Waals surface area contributed by atoms with Crippen molar-refractivity contribution < 1.29 is 4.74 Å². The quantitative estimate of drug-likeness (QED) is 0.766. The van der Waals surface area contributed by atoms with Crippen LogP contribution in [0, 0.1) is 6.92 Å². The predicted molar refractivity (Wildman–Crippen MR) is 83.6 cm³/mol. The number of benzene rings is 1. The van der Waals surface area contributed by atoms with E-state index in [-0.39, 0.29) is 0 Å². The molecule has 0 unspecified atom stereocenters. The normalized spacial score (nSPS) is 10.9. The number of likely N-dealkylation sites (N-methyl/N-ethyl adjacent to an activating group) is 2. The molecule has 0 saturated heterocycles. The maximum absolute atomic E-state index is 5.49. The summed E-state index contributed by atoms with van der Waals surface area (Å²) < 4.78 is 5.49. The minimum atomic E-state index is 0.469. The third-order valence-electron chi connectivity index (χ3n) is 3.46. The van der Waals surface area contributed by atoms with Gasteiger partial charge in [-0.1, -0.05) is 20.8 Å². The van der Waals surface area contributed by atoms with Gasteiger partial charge < -0.3 is 15.0 Å². The number of ether oxygens (including phenoxy) is 1. The minimum absolute atomic E-state index is 0.469. The van der Waals surface area contributed by atoms with Gasteiger partial charge in [0, 0.05) is 25.8 Å². The molecule has 3 heteroatoms. The number of rotatable bonds is 7. The van der Waals surface area contributed by atoms with Gasteiger partial charge in [0.15, 0.2) is 0 Å². The number of methoxy groups -OCH3 is 1. The summed E-state index contributed by atoms with van der Waals surface area (Å²) in [4.78, 5) is 2.31. The molecule has 1 aromatic rings. The minimum Gasteiger partial charge on any atom is -0.496 e. The van der Waals surface area contributed by atoms with Crippen molar-refractivity contribution in [2.75, 3.05) is 38.7 Å². The van der Waals surface area contributed by atoms with Crippen LogP contribution in [0.2, 0.25) is 0 Å². The van der Waals surface area contributed by atoms with Crippen LogP contribution in [-0.4, -0.2) is 33.8 Å². The highest BCUT2D eigenvalue weighted by Gasteiger charge is 2.13. The zero-order valence-corrected chi connectivity index (χ0v) is 13.2. The predicted octanol–water partition coefficient (Wildman–Crippen LogP) is 3.17. The van der Waals surface area contributed by atoms with Crippen molar-refractivity contribution in [2.24, 2.45) is 0 Å². The Bertz CT molecular complexity index is 402. The van der Waals surface area contributed by atoms with Crippen LogP contribution in [0.3, 0.4) is 0 Å². The van der Waals surface area contributed by atoms with E-state index in [2.05, 4.69) is 57.1 Å². The van der Waals surface area contributed by atoms with Gasteiger partial charge >= 0.3 is 0 Å². The fourth-order valence-electron chi connectivity index (χ4n) is 2.27. The molecule has 108 valence electrons. The molecular formula is C16H28N2O. The molecule has 3 nitrogen and oxygen atoms in total. The highest BCUT2D eigenvalue weighted by Crippen LogP contribution is 2.33. The van der Waals surface area contributed by atoms with Crippen LogP contribution in [0.15, 0.2) is 12.1 Å². The lowest BCUT2D eigenvalue weighted by Gasteiger charge is -2.24. The largest absolute Gasteiger partial charge is 0.496 e. The number of aryl methyl sites for hydroxylation is 1. The van der Waals surface area contributed by atoms with E-state index in [0.29, 0.717) is 5.92 Å². The number of nitrogens with zero attached hydrogens (tertiary/aromatic N) is 1. The van der Waals surface area contributed by atoms with Crippen molar-refractivity contribution in [2.45, 2.75) is 33.6 Å². The van der Waals surface area contributed by atoms with E-state index in [0.717, 1.165) is 25.4 Å². The first-order valence-corrected chi connectivity index (χ1v) is 7.11. The summed E-state index contributed by atoms with van der Waals surface area (Å²) in [7, 11) is 3.89. The molecule has 1 rings (SSSR count). The first kappa shape index (κ1) is 15.8. The van der Waals surface area contributed by atoms with E-state index in [9.17, 15) is 0 Å². The maximum atomic E-state index is 5.49. The Kier molecular flexibility index (Phi) is 6.16. The molecule has 0 heterocycles. The summed E-state index contributed by atoms with van der Waals surface area (Å²) in [5, 5.41) is 3.36. The number of nitrogens with one attached hydrogen (secondary N) is 1. The molecule has 0 aliphatic carbocycles. The van der Waals surface area contributed by atoms with E-state index in [1.165, 1.54) is 16.8 Å². The van der Waals surface area contributed by atoms with Crippen molar-refractivity contribution in [1.82, 2.24) is 5.32 Å². The Labute approximate surface area is 118 Å². The monoisotopic (exact) mass is 264 g/mol. The lowest BCUT2D eigenvalue weighted by atomic mass is 9.98. The third-order valence-corrected chi connectivity index (χ3v) is 3.46. The fraction of sp³-hybridized carbons (Fsp3) is 0.625. The van der Waals surface area contributed by atoms with Gasteiger partial charge in [-0.3, -0.25) is 0 Å². The number of hydrogen-bond acceptors (Lipinski definition) is 3. The van der Waals surface area contributed by atoms with E-state index >= 15 is 0 Å². The fourth-order valence-corrected chi connectivity index (χ4v) is 2.27. The topological polar surface area (TPSA) is 24.5 Å². The highest BCUT2D eigenvalue weighted by molar-refractivity contribution is 5.59. The van der Waals surface area contributed by atoms with Gasteiger partial charge in [-0.15, -0.1) is 0 Å². The maximum Gasteiger partial charge on any atom is 0.122 e. The SMILES string of the molecule is CCNCCN(C)c1cc(C(C)C)c(OC)cc1C. The van der Waals surface area contributed by atoms with Crippen LogP contribution in [0.25, 0.3) is 0 Å². The van der Waals surface area contributed by atoms with E-state index in [1.807, 2.05) is 0 Å². The molecule has 0 fully saturated rings. The van der Waals surface area contributed by atoms with Crippen LogP contribution < -0.4 is 15.0 Å². The van der Waals surface area contributed by atoms with E-state index in [4.69, 9.17) is 4.74 Å². The molecule has 1 aromatic carbocycles. The third kappa shape index (κ3) is 4.13. The number of anilines is 1. The molecule has 0 aromatic heterocycles. The summed E-state index contributed by atoms with van der Waals surface area (Å²) in [6, 6.07) is 4.42. The van der Waals surface area contributed by atoms with Gasteiger partial charge in [-0.05, 0) is 42.6 Å². The zero-order chi connectivity index (χ0) is 14.4. The van der Waals surface area contributed by atoms with Crippen molar-refractivity contribution in [3.05, 3.63) is 23.3 Å². The van der Waals surface area contributed by atoms with Gasteiger partial charge in [0.05, 0.1) is 7.11 Å². The lowest BCUT2D eigenvalue weighted by Crippen LogP contribution is -2.29. The molecule has 0 radical (unpaired) electrons.